The molecule has 1 rings (SSSR count). The second-order valence-corrected chi connectivity index (χ2v) is 2.73. The summed E-state index contributed by atoms with van der Waals surface area (Å²) in [5.41, 5.74) is 1.23. The van der Waals surface area contributed by atoms with Crippen LogP contribution in [0.1, 0.15) is 39.2 Å². The van der Waals surface area contributed by atoms with Crippen LogP contribution in [0.15, 0.2) is 24.3 Å². The first-order valence-electron chi connectivity index (χ1n) is 5.36. The molecular weight excluding hydrogens is 191 g/mol. The number of rotatable bonds is 3. The summed E-state index contributed by atoms with van der Waals surface area (Å²) in [5.74, 6) is -0.148. The maximum Gasteiger partial charge on any atom is 0.123 e. The summed E-state index contributed by atoms with van der Waals surface area (Å²) < 4.78 is 12.4. The highest BCUT2D eigenvalue weighted by molar-refractivity contribution is 5.15. The highest BCUT2D eigenvalue weighted by atomic mass is 19.1. The minimum Gasteiger partial charge on any atom is -0.307 e. The molecule has 2 heteroatoms. The van der Waals surface area contributed by atoms with Crippen molar-refractivity contribution in [1.29, 1.82) is 0 Å². The van der Waals surface area contributed by atoms with E-state index in [9.17, 15) is 4.39 Å². The van der Waals surface area contributed by atoms with Gasteiger partial charge in [0.1, 0.15) is 12.6 Å². The number of aryl methyl sites for hydroxylation is 1. The van der Waals surface area contributed by atoms with Crippen LogP contribution in [0, 0.1) is 5.82 Å². The molecule has 0 aliphatic rings. The molecule has 1 aromatic rings. The molecular formula is C13H21FO. The summed E-state index contributed by atoms with van der Waals surface area (Å²) in [5, 5.41) is 0. The Balaban J connectivity index is 0. The molecule has 0 saturated heterocycles. The minimum atomic E-state index is -0.148. The van der Waals surface area contributed by atoms with Gasteiger partial charge in [-0.2, -0.15) is 0 Å². The van der Waals surface area contributed by atoms with Gasteiger partial charge in [0, 0.05) is 0 Å². The molecule has 0 heterocycles. The predicted molar refractivity (Wildman–Crippen MR) is 63.5 cm³/mol. The lowest BCUT2D eigenvalue weighted by Gasteiger charge is -1.97. The first-order chi connectivity index (χ1) is 7.33. The van der Waals surface area contributed by atoms with Gasteiger partial charge in [-0.15, -0.1) is 0 Å². The zero-order chi connectivity index (χ0) is 12.1. The number of hydrogen-bond acceptors (Lipinski definition) is 1. The Hall–Kier alpha value is -1.18. The molecule has 15 heavy (non-hydrogen) atoms. The number of carbonyl (C=O) groups is 1. The fraction of sp³-hybridized carbons (Fsp3) is 0.462. The van der Waals surface area contributed by atoms with Gasteiger partial charge in [-0.1, -0.05) is 39.3 Å². The molecule has 0 saturated carbocycles. The molecule has 0 fully saturated rings. The van der Waals surface area contributed by atoms with Gasteiger partial charge in [-0.3, -0.25) is 0 Å². The summed E-state index contributed by atoms with van der Waals surface area (Å²) in [6.45, 7) is 8.16. The second-order valence-electron chi connectivity index (χ2n) is 2.73. The van der Waals surface area contributed by atoms with Crippen molar-refractivity contribution >= 4 is 6.79 Å². The van der Waals surface area contributed by atoms with Crippen LogP contribution in [0.2, 0.25) is 0 Å². The number of unbranched alkanes of at least 4 members (excludes halogenated alkanes) is 1. The van der Waals surface area contributed by atoms with Crippen LogP contribution in [0.4, 0.5) is 4.39 Å². The summed E-state index contributed by atoms with van der Waals surface area (Å²) in [6, 6.07) is 6.74. The van der Waals surface area contributed by atoms with Gasteiger partial charge < -0.3 is 4.79 Å². The third-order valence-electron chi connectivity index (χ3n) is 1.73. The molecule has 0 amide bonds. The quantitative estimate of drug-likeness (QED) is 0.739. The minimum absolute atomic E-state index is 0.148. The molecule has 0 bridgehead atoms. The van der Waals surface area contributed by atoms with Crippen LogP contribution in [0.25, 0.3) is 0 Å². The van der Waals surface area contributed by atoms with Crippen molar-refractivity contribution in [3.8, 4) is 0 Å². The van der Waals surface area contributed by atoms with Crippen molar-refractivity contribution in [3.05, 3.63) is 35.6 Å². The lowest BCUT2D eigenvalue weighted by atomic mass is 10.1. The van der Waals surface area contributed by atoms with E-state index in [0.29, 0.717) is 0 Å². The summed E-state index contributed by atoms with van der Waals surface area (Å²) >= 11 is 0. The van der Waals surface area contributed by atoms with Gasteiger partial charge in [-0.25, -0.2) is 4.39 Å². The number of carbonyl (C=O) groups excluding carboxylic acids is 1. The van der Waals surface area contributed by atoms with Crippen LogP contribution in [-0.2, 0) is 11.2 Å². The standard InChI is InChI=1S/C10H13F.C2H6.CH2O/c1-2-3-4-9-5-7-10(11)8-6-9;2*1-2/h5-8H,2-4H2,1H3;1-2H3;1H2. The Bertz CT molecular complexity index is 218. The van der Waals surface area contributed by atoms with Crippen molar-refractivity contribution in [3.63, 3.8) is 0 Å². The van der Waals surface area contributed by atoms with Crippen molar-refractivity contribution < 1.29 is 9.18 Å². The molecule has 0 aliphatic heterocycles. The van der Waals surface area contributed by atoms with Gasteiger partial charge >= 0.3 is 0 Å². The summed E-state index contributed by atoms with van der Waals surface area (Å²) in [7, 11) is 0. The van der Waals surface area contributed by atoms with E-state index in [-0.39, 0.29) is 5.82 Å². The van der Waals surface area contributed by atoms with E-state index in [2.05, 4.69) is 6.92 Å². The van der Waals surface area contributed by atoms with Crippen molar-refractivity contribution in [2.24, 2.45) is 0 Å². The molecule has 0 spiro atoms. The Morgan fingerprint density at radius 3 is 2.00 bits per heavy atom. The first-order valence-corrected chi connectivity index (χ1v) is 5.36. The third-order valence-corrected chi connectivity index (χ3v) is 1.73. The van der Waals surface area contributed by atoms with E-state index in [1.165, 1.54) is 30.5 Å². The maximum absolute atomic E-state index is 12.4. The first kappa shape index (κ1) is 16.3. The predicted octanol–water partition coefficient (Wildman–Crippen LogP) is 4.01. The Kier molecular flexibility index (Phi) is 13.9. The van der Waals surface area contributed by atoms with Gasteiger partial charge in [0.25, 0.3) is 0 Å². The molecule has 0 N–H and O–H groups in total. The Morgan fingerprint density at radius 2 is 1.60 bits per heavy atom. The molecule has 0 aromatic heterocycles. The third kappa shape index (κ3) is 9.13. The molecule has 1 aromatic carbocycles. The second kappa shape index (κ2) is 12.8. The average molecular weight is 212 g/mol. The molecule has 0 radical (unpaired) electrons. The highest BCUT2D eigenvalue weighted by Gasteiger charge is 1.91. The summed E-state index contributed by atoms with van der Waals surface area (Å²) in [4.78, 5) is 8.00. The molecule has 1 nitrogen and oxygen atoms in total. The SMILES string of the molecule is C=O.CC.CCCCc1ccc(F)cc1. The molecule has 0 atom stereocenters. The number of benzene rings is 1. The van der Waals surface area contributed by atoms with E-state index in [1.54, 1.807) is 0 Å². The van der Waals surface area contributed by atoms with Gasteiger partial charge in [0.05, 0.1) is 0 Å². The molecule has 0 aliphatic carbocycles. The summed E-state index contributed by atoms with van der Waals surface area (Å²) in [6.07, 6.45) is 3.44. The van der Waals surface area contributed by atoms with Crippen LogP contribution >= 0.6 is 0 Å². The van der Waals surface area contributed by atoms with E-state index >= 15 is 0 Å². The Labute approximate surface area is 92.3 Å². The largest absolute Gasteiger partial charge is 0.307 e. The average Bonchev–Trinajstić information content (AvgIpc) is 2.34. The van der Waals surface area contributed by atoms with Crippen LogP contribution in [0.5, 0.6) is 0 Å². The van der Waals surface area contributed by atoms with Gasteiger partial charge in [0.15, 0.2) is 0 Å². The van der Waals surface area contributed by atoms with Crippen molar-refractivity contribution in [2.75, 3.05) is 0 Å². The van der Waals surface area contributed by atoms with Gasteiger partial charge in [0.2, 0.25) is 0 Å². The van der Waals surface area contributed by atoms with Crippen molar-refractivity contribution in [1.82, 2.24) is 0 Å². The maximum atomic E-state index is 12.4. The number of hydrogen-bond donors (Lipinski definition) is 0. The van der Waals surface area contributed by atoms with E-state index < -0.39 is 0 Å². The van der Waals surface area contributed by atoms with Gasteiger partial charge in [-0.05, 0) is 30.5 Å². The normalized spacial score (nSPS) is 8.00. The monoisotopic (exact) mass is 212 g/mol. The van der Waals surface area contributed by atoms with Crippen LogP contribution in [-0.4, -0.2) is 6.79 Å². The molecule has 86 valence electrons. The highest BCUT2D eigenvalue weighted by Crippen LogP contribution is 2.06. The zero-order valence-electron chi connectivity index (χ0n) is 9.92. The van der Waals surface area contributed by atoms with E-state index in [0.717, 1.165) is 6.42 Å². The topological polar surface area (TPSA) is 17.1 Å². The van der Waals surface area contributed by atoms with Crippen LogP contribution < -0.4 is 0 Å². The van der Waals surface area contributed by atoms with Crippen molar-refractivity contribution in [2.45, 2.75) is 40.0 Å². The lowest BCUT2D eigenvalue weighted by Crippen LogP contribution is -1.83. The van der Waals surface area contributed by atoms with E-state index in [1.807, 2.05) is 32.8 Å². The Morgan fingerprint density at radius 1 is 1.13 bits per heavy atom. The smallest absolute Gasteiger partial charge is 0.123 e. The fourth-order valence-electron chi connectivity index (χ4n) is 1.03. The fourth-order valence-corrected chi connectivity index (χ4v) is 1.03. The molecule has 0 unspecified atom stereocenters. The number of halogens is 1. The zero-order valence-corrected chi connectivity index (χ0v) is 9.92. The van der Waals surface area contributed by atoms with E-state index in [4.69, 9.17) is 4.79 Å². The lowest BCUT2D eigenvalue weighted by molar-refractivity contribution is -0.0979. The van der Waals surface area contributed by atoms with Crippen LogP contribution in [0.3, 0.4) is 0 Å².